The minimum Gasteiger partial charge on any atom is -0.435 e. The molecule has 0 unspecified atom stereocenters. The third kappa shape index (κ3) is 16.6. The van der Waals surface area contributed by atoms with Crippen LogP contribution in [0.3, 0.4) is 0 Å². The molecule has 72 valence electrons. The van der Waals surface area contributed by atoms with Crippen molar-refractivity contribution in [2.45, 2.75) is 12.3 Å². The Balaban J connectivity index is 0. The van der Waals surface area contributed by atoms with E-state index in [0.717, 1.165) is 6.26 Å². The fourth-order valence-electron chi connectivity index (χ4n) is 0.159. The molecule has 0 atom stereocenters. The van der Waals surface area contributed by atoms with Gasteiger partial charge in [0.25, 0.3) is 0 Å². The zero-order chi connectivity index (χ0) is 9.98. The van der Waals surface area contributed by atoms with Gasteiger partial charge in [-0.2, -0.15) is 0 Å². The van der Waals surface area contributed by atoms with Crippen LogP contribution in [0, 0.1) is 0 Å². The lowest BCUT2D eigenvalue weighted by Gasteiger charge is -1.92. The average molecular weight is 234 g/mol. The summed E-state index contributed by atoms with van der Waals surface area (Å²) in [5, 5.41) is -0.0617. The molecule has 0 bridgehead atoms. The molecule has 0 aromatic rings. The highest BCUT2D eigenvalue weighted by molar-refractivity contribution is 6.32. The molecule has 0 aromatic carbocycles. The van der Waals surface area contributed by atoms with E-state index in [-0.39, 0.29) is 11.3 Å². The summed E-state index contributed by atoms with van der Waals surface area (Å²) in [6.07, 6.45) is 1.10. The highest BCUT2D eigenvalue weighted by atomic mass is 35.5. The summed E-state index contributed by atoms with van der Waals surface area (Å²) in [5.74, 6) is 0.542. The second-order valence-electron chi connectivity index (χ2n) is 1.68. The molecule has 0 aliphatic heterocycles. The van der Waals surface area contributed by atoms with Crippen molar-refractivity contribution in [3.8, 4) is 0 Å². The van der Waals surface area contributed by atoms with Gasteiger partial charge in [0.05, 0.1) is 11.6 Å². The van der Waals surface area contributed by atoms with E-state index in [4.69, 9.17) is 34.8 Å². The van der Waals surface area contributed by atoms with E-state index in [2.05, 4.69) is 11.3 Å². The van der Waals surface area contributed by atoms with Gasteiger partial charge in [0.1, 0.15) is 0 Å². The summed E-state index contributed by atoms with van der Waals surface area (Å²) < 4.78 is 4.17. The molecule has 0 spiro atoms. The molecule has 0 saturated carbocycles. The van der Waals surface area contributed by atoms with Crippen LogP contribution in [0.15, 0.2) is 12.8 Å². The van der Waals surface area contributed by atoms with Crippen molar-refractivity contribution in [3.05, 3.63) is 12.8 Å². The van der Waals surface area contributed by atoms with E-state index in [9.17, 15) is 4.79 Å². The summed E-state index contributed by atoms with van der Waals surface area (Å²) in [6.45, 7) is 4.48. The van der Waals surface area contributed by atoms with E-state index in [1.54, 1.807) is 0 Å². The van der Waals surface area contributed by atoms with E-state index in [0.29, 0.717) is 11.8 Å². The number of carbonyl (C=O) groups excluding carboxylic acids is 1. The lowest BCUT2D eigenvalue weighted by Crippen LogP contribution is -1.99. The number of esters is 1. The highest BCUT2D eigenvalue weighted by Gasteiger charge is 1.95. The Morgan fingerprint density at radius 3 is 2.00 bits per heavy atom. The number of ether oxygens (including phenoxy) is 1. The third-order valence-electron chi connectivity index (χ3n) is 0.584. The summed E-state index contributed by atoms with van der Waals surface area (Å²) in [7, 11) is 0. The van der Waals surface area contributed by atoms with Crippen molar-refractivity contribution in [1.82, 2.24) is 0 Å². The van der Waals surface area contributed by atoms with Crippen molar-refractivity contribution < 1.29 is 9.53 Å². The van der Waals surface area contributed by atoms with Crippen LogP contribution in [-0.2, 0) is 9.53 Å². The fraction of sp³-hybridized carbons (Fsp3) is 0.571. The van der Waals surface area contributed by atoms with Gasteiger partial charge in [-0.05, 0) is 0 Å². The molecule has 0 heterocycles. The Bertz CT molecular complexity index is 124. The van der Waals surface area contributed by atoms with Crippen molar-refractivity contribution >= 4 is 40.8 Å². The molecule has 0 rings (SSSR count). The van der Waals surface area contributed by atoms with Gasteiger partial charge in [-0.3, -0.25) is 4.79 Å². The number of halogens is 3. The van der Waals surface area contributed by atoms with Crippen molar-refractivity contribution in [3.63, 3.8) is 0 Å². The number of hydrogen-bond donors (Lipinski definition) is 0. The summed E-state index contributed by atoms with van der Waals surface area (Å²) >= 11 is 15.9. The Morgan fingerprint density at radius 2 is 2.00 bits per heavy atom. The highest BCUT2D eigenvalue weighted by Crippen LogP contribution is 1.99. The van der Waals surface area contributed by atoms with E-state index < -0.39 is 0 Å². The van der Waals surface area contributed by atoms with Gasteiger partial charge >= 0.3 is 5.97 Å². The van der Waals surface area contributed by atoms with Crippen molar-refractivity contribution in [2.75, 3.05) is 11.8 Å². The van der Waals surface area contributed by atoms with Crippen molar-refractivity contribution in [1.29, 1.82) is 0 Å². The normalized spacial score (nSPS) is 8.42. The Hall–Kier alpha value is 0.0800. The minimum absolute atomic E-state index is 0.0617. The van der Waals surface area contributed by atoms with Gasteiger partial charge in [-0.15, -0.1) is 34.8 Å². The molecule has 0 N–H and O–H groups in total. The van der Waals surface area contributed by atoms with Gasteiger partial charge < -0.3 is 4.74 Å². The molecule has 5 heteroatoms. The third-order valence-corrected chi connectivity index (χ3v) is 1.95. The number of alkyl halides is 3. The zero-order valence-corrected chi connectivity index (χ0v) is 8.99. The first-order valence-corrected chi connectivity index (χ1v) is 4.63. The SMILES string of the molecule is C=COC(C)=O.ClCC(Cl)CCl. The second kappa shape index (κ2) is 11.1. The molecule has 0 amide bonds. The van der Waals surface area contributed by atoms with Crippen LogP contribution >= 0.6 is 34.8 Å². The minimum atomic E-state index is -0.329. The second-order valence-corrected chi connectivity index (χ2v) is 2.92. The molecule has 0 fully saturated rings. The standard InChI is InChI=1S/C4H6O2.C3H5Cl3/c1-3-6-4(2)5;4-1-3(6)2-5/h3H,1H2,2H3;3H,1-2H2. The Morgan fingerprint density at radius 1 is 1.58 bits per heavy atom. The maximum Gasteiger partial charge on any atom is 0.307 e. The van der Waals surface area contributed by atoms with E-state index in [1.165, 1.54) is 6.92 Å². The molecule has 0 aliphatic rings. The predicted octanol–water partition coefficient (Wildman–Crippen LogP) is 2.76. The van der Waals surface area contributed by atoms with Crippen LogP contribution in [0.25, 0.3) is 0 Å². The number of rotatable bonds is 3. The van der Waals surface area contributed by atoms with Crippen LogP contribution in [0.4, 0.5) is 0 Å². The predicted molar refractivity (Wildman–Crippen MR) is 53.0 cm³/mol. The largest absolute Gasteiger partial charge is 0.435 e. The summed E-state index contributed by atoms with van der Waals surface area (Å²) in [5.41, 5.74) is 0. The molecule has 12 heavy (non-hydrogen) atoms. The van der Waals surface area contributed by atoms with Gasteiger partial charge in [-0.25, -0.2) is 0 Å². The fourth-order valence-corrected chi connectivity index (χ4v) is 0.489. The van der Waals surface area contributed by atoms with E-state index >= 15 is 0 Å². The molecule has 0 aliphatic carbocycles. The van der Waals surface area contributed by atoms with Crippen LogP contribution in [0.2, 0.25) is 0 Å². The Labute approximate surface area is 87.4 Å². The molecule has 2 nitrogen and oxygen atoms in total. The maximum absolute atomic E-state index is 9.75. The maximum atomic E-state index is 9.75. The average Bonchev–Trinajstić information content (AvgIpc) is 2.04. The first-order valence-electron chi connectivity index (χ1n) is 3.12. The van der Waals surface area contributed by atoms with Gasteiger partial charge in [0.2, 0.25) is 0 Å². The smallest absolute Gasteiger partial charge is 0.307 e. The first kappa shape index (κ1) is 14.6. The molecular formula is C7H11Cl3O2. The van der Waals surface area contributed by atoms with Gasteiger partial charge in [-0.1, -0.05) is 6.58 Å². The summed E-state index contributed by atoms with van der Waals surface area (Å²) in [6, 6.07) is 0. The van der Waals surface area contributed by atoms with Gasteiger partial charge in [0.15, 0.2) is 0 Å². The first-order chi connectivity index (χ1) is 5.58. The summed E-state index contributed by atoms with van der Waals surface area (Å²) in [4.78, 5) is 9.75. The van der Waals surface area contributed by atoms with Crippen LogP contribution < -0.4 is 0 Å². The van der Waals surface area contributed by atoms with Crippen LogP contribution in [-0.4, -0.2) is 23.1 Å². The van der Waals surface area contributed by atoms with E-state index in [1.807, 2.05) is 0 Å². The molecule has 0 radical (unpaired) electrons. The monoisotopic (exact) mass is 232 g/mol. The topological polar surface area (TPSA) is 26.3 Å². The zero-order valence-electron chi connectivity index (χ0n) is 6.73. The molecule has 0 aromatic heterocycles. The molecule has 0 saturated heterocycles. The van der Waals surface area contributed by atoms with Crippen molar-refractivity contribution in [2.24, 2.45) is 0 Å². The number of hydrogen-bond acceptors (Lipinski definition) is 2. The van der Waals surface area contributed by atoms with Gasteiger partial charge in [0, 0.05) is 18.7 Å². The lowest BCUT2D eigenvalue weighted by atomic mass is 10.6. The lowest BCUT2D eigenvalue weighted by molar-refractivity contribution is -0.135. The van der Waals surface area contributed by atoms with Crippen LogP contribution in [0.5, 0.6) is 0 Å². The quantitative estimate of drug-likeness (QED) is 0.426. The molecular weight excluding hydrogens is 222 g/mol. The Kier molecular flexibility index (Phi) is 13.5. The van der Waals surface area contributed by atoms with Crippen LogP contribution in [0.1, 0.15) is 6.92 Å². The number of carbonyl (C=O) groups is 1.